The summed E-state index contributed by atoms with van der Waals surface area (Å²) in [6.45, 7) is 7.02. The lowest BCUT2D eigenvalue weighted by Gasteiger charge is -2.32. The van der Waals surface area contributed by atoms with E-state index in [1.54, 1.807) is 13.8 Å². The summed E-state index contributed by atoms with van der Waals surface area (Å²) >= 11 is 0. The van der Waals surface area contributed by atoms with Crippen molar-refractivity contribution in [2.45, 2.75) is 39.3 Å². The van der Waals surface area contributed by atoms with Gasteiger partial charge in [-0.1, -0.05) is 0 Å². The van der Waals surface area contributed by atoms with E-state index in [9.17, 15) is 8.42 Å². The predicted octanol–water partition coefficient (Wildman–Crippen LogP) is 0.444. The van der Waals surface area contributed by atoms with Gasteiger partial charge in [-0.2, -0.15) is 4.31 Å². The Labute approximate surface area is 98.5 Å². The normalized spacial score (nSPS) is 13.8. The number of sulfonamides is 1. The quantitative estimate of drug-likeness (QED) is 0.715. The molecule has 0 aromatic carbocycles. The summed E-state index contributed by atoms with van der Waals surface area (Å²) < 4.78 is 30.1. The second kappa shape index (κ2) is 5.95. The molecule has 0 heterocycles. The molecule has 5 nitrogen and oxygen atoms in total. The Morgan fingerprint density at radius 1 is 1.38 bits per heavy atom. The topological polar surface area (TPSA) is 66.8 Å². The molecule has 0 amide bonds. The van der Waals surface area contributed by atoms with Crippen molar-refractivity contribution in [3.05, 3.63) is 0 Å². The highest BCUT2D eigenvalue weighted by Crippen LogP contribution is 2.16. The van der Waals surface area contributed by atoms with Crippen molar-refractivity contribution in [3.8, 4) is 0 Å². The van der Waals surface area contributed by atoms with Crippen LogP contribution in [-0.4, -0.2) is 55.5 Å². The first-order chi connectivity index (χ1) is 7.13. The van der Waals surface area contributed by atoms with Crippen molar-refractivity contribution in [2.24, 2.45) is 0 Å². The molecule has 0 rings (SSSR count). The Morgan fingerprint density at radius 3 is 2.25 bits per heavy atom. The van der Waals surface area contributed by atoms with E-state index < -0.39 is 15.6 Å². The lowest BCUT2D eigenvalue weighted by Crippen LogP contribution is -2.48. The van der Waals surface area contributed by atoms with Gasteiger partial charge in [-0.05, 0) is 27.7 Å². The van der Waals surface area contributed by atoms with Crippen molar-refractivity contribution in [3.63, 3.8) is 0 Å². The van der Waals surface area contributed by atoms with Gasteiger partial charge in [-0.15, -0.1) is 0 Å². The second-order valence-corrected chi connectivity index (χ2v) is 6.79. The molecule has 0 saturated heterocycles. The Bertz CT molecular complexity index is 298. The van der Waals surface area contributed by atoms with Crippen molar-refractivity contribution in [2.75, 3.05) is 26.0 Å². The van der Waals surface area contributed by atoms with Gasteiger partial charge in [-0.25, -0.2) is 8.42 Å². The van der Waals surface area contributed by atoms with Crippen molar-refractivity contribution in [1.29, 1.82) is 0 Å². The molecule has 0 aromatic rings. The summed E-state index contributed by atoms with van der Waals surface area (Å²) in [6.07, 6.45) is 0.0198. The summed E-state index contributed by atoms with van der Waals surface area (Å²) in [5.74, 6) is -0.0644. The molecule has 0 aliphatic rings. The van der Waals surface area contributed by atoms with Crippen LogP contribution in [0.5, 0.6) is 0 Å². The molecule has 0 atom stereocenters. The minimum atomic E-state index is -3.38. The average Bonchev–Trinajstić information content (AvgIpc) is 2.15. The molecule has 0 aliphatic carbocycles. The molecule has 0 unspecified atom stereocenters. The van der Waals surface area contributed by atoms with E-state index in [1.807, 2.05) is 13.8 Å². The van der Waals surface area contributed by atoms with Gasteiger partial charge >= 0.3 is 0 Å². The molecule has 0 bridgehead atoms. The highest BCUT2D eigenvalue weighted by Gasteiger charge is 2.31. The van der Waals surface area contributed by atoms with Crippen LogP contribution >= 0.6 is 0 Å². The lowest BCUT2D eigenvalue weighted by atomic mass is 10.1. The fourth-order valence-electron chi connectivity index (χ4n) is 1.00. The molecule has 0 aliphatic heterocycles. The van der Waals surface area contributed by atoms with E-state index in [0.717, 1.165) is 0 Å². The summed E-state index contributed by atoms with van der Waals surface area (Å²) in [6, 6.07) is 0. The van der Waals surface area contributed by atoms with Gasteiger partial charge in [0.1, 0.15) is 0 Å². The van der Waals surface area contributed by atoms with E-state index in [-0.39, 0.29) is 25.1 Å². The van der Waals surface area contributed by atoms with Gasteiger partial charge in [0.15, 0.2) is 0 Å². The molecule has 0 radical (unpaired) electrons. The summed E-state index contributed by atoms with van der Waals surface area (Å²) in [4.78, 5) is 0. The molecule has 1 N–H and O–H groups in total. The molecular weight excluding hydrogens is 230 g/mol. The average molecular weight is 253 g/mol. The number of aliphatic hydroxyl groups is 1. The van der Waals surface area contributed by atoms with Crippen molar-refractivity contribution in [1.82, 2.24) is 4.31 Å². The molecule has 0 aromatic heterocycles. The first-order valence-electron chi connectivity index (χ1n) is 5.32. The fraction of sp³-hybridized carbons (Fsp3) is 1.00. The van der Waals surface area contributed by atoms with E-state index in [0.29, 0.717) is 0 Å². The van der Waals surface area contributed by atoms with E-state index in [4.69, 9.17) is 9.84 Å². The summed E-state index contributed by atoms with van der Waals surface area (Å²) in [5.41, 5.74) is -0.781. The molecular formula is C10H23NO4S. The number of nitrogens with zero attached hydrogens (tertiary/aromatic N) is 1. The molecule has 98 valence electrons. The molecule has 0 spiro atoms. The van der Waals surface area contributed by atoms with Crippen LogP contribution in [0.2, 0.25) is 0 Å². The maximum Gasteiger partial charge on any atom is 0.216 e. The number of rotatable bonds is 7. The van der Waals surface area contributed by atoms with Gasteiger partial charge in [0.2, 0.25) is 10.0 Å². The zero-order valence-corrected chi connectivity index (χ0v) is 11.5. The smallest absolute Gasteiger partial charge is 0.216 e. The Hall–Kier alpha value is -0.170. The highest BCUT2D eigenvalue weighted by molar-refractivity contribution is 7.89. The van der Waals surface area contributed by atoms with E-state index in [2.05, 4.69) is 0 Å². The monoisotopic (exact) mass is 253 g/mol. The maximum atomic E-state index is 11.9. The van der Waals surface area contributed by atoms with Gasteiger partial charge in [0.25, 0.3) is 0 Å². The summed E-state index contributed by atoms with van der Waals surface area (Å²) in [5, 5.41) is 9.10. The van der Waals surface area contributed by atoms with Gasteiger partial charge in [0, 0.05) is 7.05 Å². The van der Waals surface area contributed by atoms with Crippen molar-refractivity contribution >= 4 is 10.0 Å². The van der Waals surface area contributed by atoms with Crippen molar-refractivity contribution < 1.29 is 18.3 Å². The number of hydrogen-bond donors (Lipinski definition) is 1. The first kappa shape index (κ1) is 15.8. The van der Waals surface area contributed by atoms with Crippen LogP contribution in [0, 0.1) is 0 Å². The number of ether oxygens (including phenoxy) is 1. The van der Waals surface area contributed by atoms with Crippen LogP contribution in [0.3, 0.4) is 0 Å². The number of likely N-dealkylation sites (N-methyl/N-ethyl adjacent to an activating group) is 1. The molecule has 0 fully saturated rings. The van der Waals surface area contributed by atoms with Crippen LogP contribution in [0.4, 0.5) is 0 Å². The zero-order valence-electron chi connectivity index (χ0n) is 10.7. The van der Waals surface area contributed by atoms with Crippen LogP contribution < -0.4 is 0 Å². The Morgan fingerprint density at radius 2 is 1.88 bits per heavy atom. The molecule has 0 saturated carbocycles. The minimum absolute atomic E-state index is 0.0198. The van der Waals surface area contributed by atoms with Crippen LogP contribution in [-0.2, 0) is 14.8 Å². The zero-order chi connectivity index (χ0) is 13.0. The van der Waals surface area contributed by atoms with E-state index >= 15 is 0 Å². The standard InChI is InChI=1S/C10H23NO4S/c1-9(2)15-6-7-16(13,14)11(5)10(3,4)8-12/h9,12H,6-8H2,1-5H3. The van der Waals surface area contributed by atoms with Gasteiger partial charge < -0.3 is 9.84 Å². The van der Waals surface area contributed by atoms with Gasteiger partial charge in [0.05, 0.1) is 30.6 Å². The van der Waals surface area contributed by atoms with E-state index in [1.165, 1.54) is 11.4 Å². The molecule has 6 heteroatoms. The third-order valence-corrected chi connectivity index (χ3v) is 4.46. The van der Waals surface area contributed by atoms with Gasteiger partial charge in [-0.3, -0.25) is 0 Å². The second-order valence-electron chi connectivity index (χ2n) is 4.67. The SMILES string of the molecule is CC(C)OCCS(=O)(=O)N(C)C(C)(C)CO. The third kappa shape index (κ3) is 4.78. The Balaban J connectivity index is 4.44. The molecule has 16 heavy (non-hydrogen) atoms. The lowest BCUT2D eigenvalue weighted by molar-refractivity contribution is 0.0892. The highest BCUT2D eigenvalue weighted by atomic mass is 32.2. The fourth-order valence-corrected chi connectivity index (χ4v) is 2.39. The number of aliphatic hydroxyl groups excluding tert-OH is 1. The number of hydrogen-bond acceptors (Lipinski definition) is 4. The predicted molar refractivity (Wildman–Crippen MR) is 63.8 cm³/mol. The Kier molecular flexibility index (Phi) is 5.89. The summed E-state index contributed by atoms with van der Waals surface area (Å²) in [7, 11) is -1.90. The van der Waals surface area contributed by atoms with Crippen LogP contribution in [0.15, 0.2) is 0 Å². The van der Waals surface area contributed by atoms with Crippen LogP contribution in [0.1, 0.15) is 27.7 Å². The first-order valence-corrected chi connectivity index (χ1v) is 6.93. The maximum absolute atomic E-state index is 11.9. The van der Waals surface area contributed by atoms with Crippen LogP contribution in [0.25, 0.3) is 0 Å². The third-order valence-electron chi connectivity index (χ3n) is 2.45. The largest absolute Gasteiger partial charge is 0.394 e. The minimum Gasteiger partial charge on any atom is -0.394 e.